The Hall–Kier alpha value is 0.310. The van der Waals surface area contributed by atoms with Crippen molar-refractivity contribution in [3.8, 4) is 0 Å². The minimum absolute atomic E-state index is 0.562. The molecule has 2 heteroatoms. The van der Waals surface area contributed by atoms with Gasteiger partial charge in [0, 0.05) is 12.6 Å². The van der Waals surface area contributed by atoms with Crippen LogP contribution in [0.25, 0.3) is 0 Å². The molecule has 0 bridgehead atoms. The Bertz CT molecular complexity index is 177. The maximum absolute atomic E-state index is 3.63. The standard InChI is InChI=1S/C13H27NS/c1-5-15-9-8-13(4,12-6-7-12)10-14-11(2)3/h11-12,14H,5-10H2,1-4H3. The second kappa shape index (κ2) is 6.15. The number of thioether (sulfide) groups is 1. The number of hydrogen-bond acceptors (Lipinski definition) is 2. The van der Waals surface area contributed by atoms with Gasteiger partial charge in [0.25, 0.3) is 0 Å². The lowest BCUT2D eigenvalue weighted by molar-refractivity contribution is 0.243. The quantitative estimate of drug-likeness (QED) is 0.639. The molecule has 0 saturated heterocycles. The first-order valence-corrected chi connectivity index (χ1v) is 7.55. The molecule has 1 aliphatic rings. The monoisotopic (exact) mass is 229 g/mol. The van der Waals surface area contributed by atoms with Crippen molar-refractivity contribution < 1.29 is 0 Å². The van der Waals surface area contributed by atoms with Crippen LogP contribution in [0.4, 0.5) is 0 Å². The maximum atomic E-state index is 3.63. The van der Waals surface area contributed by atoms with Crippen LogP contribution in [0.2, 0.25) is 0 Å². The van der Waals surface area contributed by atoms with Gasteiger partial charge in [0.15, 0.2) is 0 Å². The molecule has 0 aliphatic heterocycles. The second-order valence-electron chi connectivity index (χ2n) is 5.41. The summed E-state index contributed by atoms with van der Waals surface area (Å²) in [5, 5.41) is 3.63. The highest BCUT2D eigenvalue weighted by molar-refractivity contribution is 7.99. The molecule has 1 rings (SSSR count). The van der Waals surface area contributed by atoms with E-state index in [9.17, 15) is 0 Å². The SMILES string of the molecule is CCSCCC(C)(CNC(C)C)C1CC1. The zero-order valence-corrected chi connectivity index (χ0v) is 11.6. The molecule has 1 saturated carbocycles. The smallest absolute Gasteiger partial charge is 0.00106 e. The summed E-state index contributed by atoms with van der Waals surface area (Å²) in [5.74, 6) is 3.60. The molecule has 1 N–H and O–H groups in total. The fourth-order valence-corrected chi connectivity index (χ4v) is 3.00. The molecule has 15 heavy (non-hydrogen) atoms. The summed E-state index contributed by atoms with van der Waals surface area (Å²) in [4.78, 5) is 0. The molecule has 0 amide bonds. The van der Waals surface area contributed by atoms with Crippen LogP contribution >= 0.6 is 11.8 Å². The van der Waals surface area contributed by atoms with Crippen LogP contribution in [0.5, 0.6) is 0 Å². The second-order valence-corrected chi connectivity index (χ2v) is 6.80. The Morgan fingerprint density at radius 2 is 2.07 bits per heavy atom. The van der Waals surface area contributed by atoms with Crippen LogP contribution in [0.3, 0.4) is 0 Å². The first kappa shape index (κ1) is 13.4. The van der Waals surface area contributed by atoms with Crippen LogP contribution in [0.15, 0.2) is 0 Å². The molecule has 1 atom stereocenters. The van der Waals surface area contributed by atoms with Crippen molar-refractivity contribution >= 4 is 11.8 Å². The van der Waals surface area contributed by atoms with Gasteiger partial charge in [0.05, 0.1) is 0 Å². The van der Waals surface area contributed by atoms with Crippen molar-refractivity contribution in [1.82, 2.24) is 5.32 Å². The Labute approximate surface area is 99.8 Å². The fourth-order valence-electron chi connectivity index (χ4n) is 2.10. The van der Waals surface area contributed by atoms with E-state index in [2.05, 4.69) is 44.8 Å². The summed E-state index contributed by atoms with van der Waals surface area (Å²) in [7, 11) is 0. The van der Waals surface area contributed by atoms with Crippen LogP contribution in [-0.4, -0.2) is 24.1 Å². The van der Waals surface area contributed by atoms with Crippen LogP contribution in [-0.2, 0) is 0 Å². The molecule has 0 heterocycles. The predicted octanol–water partition coefficient (Wildman–Crippen LogP) is 3.54. The molecular weight excluding hydrogens is 202 g/mol. The highest BCUT2D eigenvalue weighted by Crippen LogP contribution is 2.47. The average molecular weight is 229 g/mol. The maximum Gasteiger partial charge on any atom is 0.00106 e. The fraction of sp³-hybridized carbons (Fsp3) is 1.00. The minimum atomic E-state index is 0.562. The average Bonchev–Trinajstić information content (AvgIpc) is 2.98. The van der Waals surface area contributed by atoms with Crippen molar-refractivity contribution in [2.24, 2.45) is 11.3 Å². The van der Waals surface area contributed by atoms with Crippen molar-refractivity contribution in [3.05, 3.63) is 0 Å². The predicted molar refractivity (Wildman–Crippen MR) is 71.6 cm³/mol. The lowest BCUT2D eigenvalue weighted by atomic mass is 9.82. The summed E-state index contributed by atoms with van der Waals surface area (Å²) in [5.41, 5.74) is 0.562. The summed E-state index contributed by atoms with van der Waals surface area (Å²) in [6.07, 6.45) is 4.32. The van der Waals surface area contributed by atoms with E-state index in [0.29, 0.717) is 11.5 Å². The lowest BCUT2D eigenvalue weighted by Crippen LogP contribution is -2.37. The van der Waals surface area contributed by atoms with E-state index < -0.39 is 0 Å². The van der Waals surface area contributed by atoms with E-state index in [1.807, 2.05) is 0 Å². The van der Waals surface area contributed by atoms with Crippen LogP contribution in [0.1, 0.15) is 47.0 Å². The van der Waals surface area contributed by atoms with Crippen LogP contribution in [0, 0.1) is 11.3 Å². The van der Waals surface area contributed by atoms with Crippen molar-refractivity contribution in [1.29, 1.82) is 0 Å². The minimum Gasteiger partial charge on any atom is -0.314 e. The van der Waals surface area contributed by atoms with Gasteiger partial charge in [-0.15, -0.1) is 0 Å². The summed E-state index contributed by atoms with van der Waals surface area (Å²) in [6.45, 7) is 10.4. The van der Waals surface area contributed by atoms with Gasteiger partial charge < -0.3 is 5.32 Å². The molecule has 0 aromatic rings. The Balaban J connectivity index is 2.32. The van der Waals surface area contributed by atoms with E-state index in [4.69, 9.17) is 0 Å². The van der Waals surface area contributed by atoms with Gasteiger partial charge in [-0.1, -0.05) is 27.7 Å². The molecular formula is C13H27NS. The Kier molecular flexibility index (Phi) is 5.48. The van der Waals surface area contributed by atoms with E-state index in [1.54, 1.807) is 0 Å². The number of hydrogen-bond donors (Lipinski definition) is 1. The third-order valence-electron chi connectivity index (χ3n) is 3.50. The normalized spacial score (nSPS) is 20.6. The highest BCUT2D eigenvalue weighted by Gasteiger charge is 2.40. The van der Waals surface area contributed by atoms with Crippen LogP contribution < -0.4 is 5.32 Å². The topological polar surface area (TPSA) is 12.0 Å². The zero-order valence-electron chi connectivity index (χ0n) is 10.8. The molecule has 90 valence electrons. The van der Waals surface area contributed by atoms with Crippen molar-refractivity contribution in [3.63, 3.8) is 0 Å². The first-order valence-electron chi connectivity index (χ1n) is 6.39. The van der Waals surface area contributed by atoms with Crippen molar-refractivity contribution in [2.45, 2.75) is 53.0 Å². The Morgan fingerprint density at radius 1 is 1.40 bits per heavy atom. The van der Waals surface area contributed by atoms with Gasteiger partial charge in [0.1, 0.15) is 0 Å². The summed E-state index contributed by atoms with van der Waals surface area (Å²) in [6, 6.07) is 0.627. The molecule has 0 aromatic heterocycles. The third kappa shape index (κ3) is 4.78. The molecule has 1 nitrogen and oxygen atoms in total. The van der Waals surface area contributed by atoms with E-state index in [0.717, 1.165) is 5.92 Å². The molecule has 1 aliphatic carbocycles. The molecule has 0 radical (unpaired) electrons. The summed E-state index contributed by atoms with van der Waals surface area (Å²) < 4.78 is 0. The molecule has 0 aromatic carbocycles. The van der Waals surface area contributed by atoms with Gasteiger partial charge in [-0.25, -0.2) is 0 Å². The molecule has 1 unspecified atom stereocenters. The Morgan fingerprint density at radius 3 is 2.53 bits per heavy atom. The van der Waals surface area contributed by atoms with E-state index in [-0.39, 0.29) is 0 Å². The highest BCUT2D eigenvalue weighted by atomic mass is 32.2. The van der Waals surface area contributed by atoms with E-state index >= 15 is 0 Å². The van der Waals surface area contributed by atoms with Gasteiger partial charge in [-0.3, -0.25) is 0 Å². The molecule has 0 spiro atoms. The largest absolute Gasteiger partial charge is 0.314 e. The first-order chi connectivity index (χ1) is 7.08. The third-order valence-corrected chi connectivity index (χ3v) is 4.40. The molecule has 1 fully saturated rings. The summed E-state index contributed by atoms with van der Waals surface area (Å²) >= 11 is 2.09. The van der Waals surface area contributed by atoms with Crippen molar-refractivity contribution in [2.75, 3.05) is 18.1 Å². The lowest BCUT2D eigenvalue weighted by Gasteiger charge is -2.31. The van der Waals surface area contributed by atoms with Gasteiger partial charge in [0.2, 0.25) is 0 Å². The zero-order chi connectivity index (χ0) is 11.3. The van der Waals surface area contributed by atoms with Gasteiger partial charge in [-0.05, 0) is 42.1 Å². The van der Waals surface area contributed by atoms with Gasteiger partial charge in [-0.2, -0.15) is 11.8 Å². The number of nitrogens with one attached hydrogen (secondary N) is 1. The van der Waals surface area contributed by atoms with E-state index in [1.165, 1.54) is 37.3 Å². The van der Waals surface area contributed by atoms with Gasteiger partial charge >= 0.3 is 0 Å². The number of rotatable bonds is 8.